The molecule has 0 radical (unpaired) electrons. The highest BCUT2D eigenvalue weighted by molar-refractivity contribution is 6.02. The predicted octanol–water partition coefficient (Wildman–Crippen LogP) is 3.72. The van der Waals surface area contributed by atoms with Gasteiger partial charge in [-0.15, -0.1) is 0 Å². The van der Waals surface area contributed by atoms with Crippen molar-refractivity contribution in [1.29, 1.82) is 0 Å². The van der Waals surface area contributed by atoms with E-state index in [1.165, 1.54) is 12.1 Å². The first-order valence-electron chi connectivity index (χ1n) is 10.5. The maximum absolute atomic E-state index is 12.7. The van der Waals surface area contributed by atoms with E-state index in [1.807, 2.05) is 0 Å². The van der Waals surface area contributed by atoms with E-state index in [0.717, 1.165) is 17.0 Å². The van der Waals surface area contributed by atoms with Crippen LogP contribution in [0.4, 0.5) is 29.3 Å². The Morgan fingerprint density at radius 2 is 1.53 bits per heavy atom. The highest BCUT2D eigenvalue weighted by atomic mass is 19.4. The Morgan fingerprint density at radius 1 is 0.971 bits per heavy atom. The van der Waals surface area contributed by atoms with Gasteiger partial charge in [-0.25, -0.2) is 4.79 Å². The normalized spacial score (nSPS) is 14.5. The smallest absolute Gasteiger partial charge is 0.329 e. The molecule has 8 nitrogen and oxygen atoms in total. The van der Waals surface area contributed by atoms with Crippen LogP contribution in [0.5, 0.6) is 0 Å². The Labute approximate surface area is 193 Å². The minimum Gasteiger partial charge on any atom is -0.329 e. The third-order valence-electron chi connectivity index (χ3n) is 5.25. The standard InChI is InChI=1S/C23H23F3N4O4/c1-14(15-2-4-16(5-3-15)23(24,25)26)12-20(32)29-18-8-6-17(7-9-18)28-19(31)10-11-30-21(33)13-27-22(30)34/h2-9,14H,10-13H2,1H3,(H,27,34)(H,28,31)(H,29,32). The number of alkyl halides is 3. The second kappa shape index (κ2) is 10.4. The molecule has 3 N–H and O–H groups in total. The van der Waals surface area contributed by atoms with Gasteiger partial charge in [0.15, 0.2) is 0 Å². The zero-order chi connectivity index (χ0) is 24.9. The van der Waals surface area contributed by atoms with Crippen LogP contribution in [0.1, 0.15) is 36.8 Å². The molecule has 1 unspecified atom stereocenters. The lowest BCUT2D eigenvalue weighted by atomic mass is 9.96. The van der Waals surface area contributed by atoms with E-state index in [1.54, 1.807) is 31.2 Å². The molecule has 1 aliphatic heterocycles. The van der Waals surface area contributed by atoms with E-state index in [2.05, 4.69) is 16.0 Å². The van der Waals surface area contributed by atoms with Crippen LogP contribution in [-0.2, 0) is 20.6 Å². The number of hydrogen-bond acceptors (Lipinski definition) is 4. The number of benzene rings is 2. The summed E-state index contributed by atoms with van der Waals surface area (Å²) in [4.78, 5) is 48.3. The average molecular weight is 476 g/mol. The topological polar surface area (TPSA) is 108 Å². The second-order valence-electron chi connectivity index (χ2n) is 7.85. The first-order chi connectivity index (χ1) is 16.0. The van der Waals surface area contributed by atoms with Gasteiger partial charge >= 0.3 is 12.2 Å². The van der Waals surface area contributed by atoms with Crippen molar-refractivity contribution >= 4 is 35.1 Å². The number of imide groups is 1. The maximum atomic E-state index is 12.7. The van der Waals surface area contributed by atoms with Gasteiger partial charge in [-0.05, 0) is 47.9 Å². The summed E-state index contributed by atoms with van der Waals surface area (Å²) in [6, 6.07) is 10.5. The van der Waals surface area contributed by atoms with E-state index in [-0.39, 0.29) is 49.6 Å². The molecule has 0 aromatic heterocycles. The molecule has 1 heterocycles. The summed E-state index contributed by atoms with van der Waals surface area (Å²) in [5.41, 5.74) is 0.838. The minimum atomic E-state index is -4.41. The van der Waals surface area contributed by atoms with Crippen LogP contribution in [0.2, 0.25) is 0 Å². The van der Waals surface area contributed by atoms with Gasteiger partial charge in [0.1, 0.15) is 0 Å². The Hall–Kier alpha value is -3.89. The number of carbonyl (C=O) groups is 4. The number of anilines is 2. The number of hydrogen-bond donors (Lipinski definition) is 3. The summed E-state index contributed by atoms with van der Waals surface area (Å²) >= 11 is 0. The molecular weight excluding hydrogens is 453 g/mol. The van der Waals surface area contributed by atoms with Crippen molar-refractivity contribution in [2.24, 2.45) is 0 Å². The SMILES string of the molecule is CC(CC(=O)Nc1ccc(NC(=O)CCN2C(=O)CNC2=O)cc1)c1ccc(C(F)(F)F)cc1. The maximum Gasteiger partial charge on any atom is 0.416 e. The fraction of sp³-hybridized carbons (Fsp3) is 0.304. The van der Waals surface area contributed by atoms with Crippen LogP contribution < -0.4 is 16.0 Å². The van der Waals surface area contributed by atoms with Crippen LogP contribution in [0, 0.1) is 0 Å². The van der Waals surface area contributed by atoms with Crippen LogP contribution in [0.3, 0.4) is 0 Å². The lowest BCUT2D eigenvalue weighted by Gasteiger charge is -2.14. The zero-order valence-corrected chi connectivity index (χ0v) is 18.2. The Bertz CT molecular complexity index is 1050. The van der Waals surface area contributed by atoms with Crippen molar-refractivity contribution in [2.45, 2.75) is 31.9 Å². The molecule has 5 amide bonds. The predicted molar refractivity (Wildman–Crippen MR) is 118 cm³/mol. The van der Waals surface area contributed by atoms with Gasteiger partial charge in [-0.3, -0.25) is 19.3 Å². The van der Waals surface area contributed by atoms with Crippen molar-refractivity contribution in [3.63, 3.8) is 0 Å². The molecule has 2 aromatic rings. The van der Waals surface area contributed by atoms with E-state index in [4.69, 9.17) is 0 Å². The fourth-order valence-electron chi connectivity index (χ4n) is 3.36. The Kier molecular flexibility index (Phi) is 7.54. The summed E-state index contributed by atoms with van der Waals surface area (Å²) in [5, 5.41) is 7.73. The lowest BCUT2D eigenvalue weighted by Crippen LogP contribution is -2.33. The van der Waals surface area contributed by atoms with Crippen LogP contribution in [-0.4, -0.2) is 41.7 Å². The molecule has 1 saturated heterocycles. The number of nitrogens with zero attached hydrogens (tertiary/aromatic N) is 1. The summed E-state index contributed by atoms with van der Waals surface area (Å²) in [6.45, 7) is 1.65. The van der Waals surface area contributed by atoms with Gasteiger partial charge < -0.3 is 16.0 Å². The van der Waals surface area contributed by atoms with E-state index < -0.39 is 17.8 Å². The van der Waals surface area contributed by atoms with Gasteiger partial charge in [0.2, 0.25) is 17.7 Å². The van der Waals surface area contributed by atoms with Crippen molar-refractivity contribution in [3.8, 4) is 0 Å². The van der Waals surface area contributed by atoms with Gasteiger partial charge in [-0.2, -0.15) is 13.2 Å². The number of carbonyl (C=O) groups excluding carboxylic acids is 4. The number of rotatable bonds is 8. The molecule has 0 aliphatic carbocycles. The van der Waals surface area contributed by atoms with Gasteiger partial charge in [-0.1, -0.05) is 19.1 Å². The zero-order valence-electron chi connectivity index (χ0n) is 18.2. The fourth-order valence-corrected chi connectivity index (χ4v) is 3.36. The number of nitrogens with one attached hydrogen (secondary N) is 3. The molecule has 180 valence electrons. The Balaban J connectivity index is 1.46. The van der Waals surface area contributed by atoms with Crippen molar-refractivity contribution in [1.82, 2.24) is 10.2 Å². The third-order valence-corrected chi connectivity index (χ3v) is 5.25. The van der Waals surface area contributed by atoms with E-state index in [9.17, 15) is 32.3 Å². The van der Waals surface area contributed by atoms with Gasteiger partial charge in [0, 0.05) is 30.8 Å². The summed E-state index contributed by atoms with van der Waals surface area (Å²) < 4.78 is 38.1. The largest absolute Gasteiger partial charge is 0.416 e. The molecule has 3 rings (SSSR count). The molecule has 1 fully saturated rings. The molecule has 34 heavy (non-hydrogen) atoms. The Morgan fingerprint density at radius 3 is 2.03 bits per heavy atom. The van der Waals surface area contributed by atoms with Crippen molar-refractivity contribution in [3.05, 3.63) is 59.7 Å². The van der Waals surface area contributed by atoms with Crippen LogP contribution >= 0.6 is 0 Å². The van der Waals surface area contributed by atoms with Crippen LogP contribution in [0.25, 0.3) is 0 Å². The molecule has 0 spiro atoms. The number of halogens is 3. The monoisotopic (exact) mass is 476 g/mol. The highest BCUT2D eigenvalue weighted by Gasteiger charge is 2.30. The average Bonchev–Trinajstić information content (AvgIpc) is 3.10. The number of urea groups is 1. The van der Waals surface area contributed by atoms with Crippen molar-refractivity contribution in [2.75, 3.05) is 23.7 Å². The summed E-state index contributed by atoms with van der Waals surface area (Å²) in [5.74, 6) is -1.36. The first kappa shape index (κ1) is 24.7. The van der Waals surface area contributed by atoms with Gasteiger partial charge in [0.05, 0.1) is 12.1 Å². The summed E-state index contributed by atoms with van der Waals surface area (Å²) in [6.07, 6.45) is -4.39. The van der Waals surface area contributed by atoms with Crippen molar-refractivity contribution < 1.29 is 32.3 Å². The second-order valence-corrected chi connectivity index (χ2v) is 7.85. The molecule has 1 atom stereocenters. The molecule has 1 aliphatic rings. The van der Waals surface area contributed by atoms with Crippen LogP contribution in [0.15, 0.2) is 48.5 Å². The van der Waals surface area contributed by atoms with E-state index >= 15 is 0 Å². The first-order valence-corrected chi connectivity index (χ1v) is 10.5. The quantitative estimate of drug-likeness (QED) is 0.505. The molecule has 0 saturated carbocycles. The lowest BCUT2D eigenvalue weighted by molar-refractivity contribution is -0.137. The molecule has 11 heteroatoms. The number of amides is 5. The third kappa shape index (κ3) is 6.56. The van der Waals surface area contributed by atoms with Gasteiger partial charge in [0.25, 0.3) is 0 Å². The molecular formula is C23H23F3N4O4. The highest BCUT2D eigenvalue weighted by Crippen LogP contribution is 2.30. The minimum absolute atomic E-state index is 0.0260. The molecule has 0 bridgehead atoms. The summed E-state index contributed by atoms with van der Waals surface area (Å²) in [7, 11) is 0. The van der Waals surface area contributed by atoms with E-state index in [0.29, 0.717) is 16.9 Å². The molecule has 2 aromatic carbocycles.